The molecule has 2 aromatic carbocycles. The number of rotatable bonds is 12. The van der Waals surface area contributed by atoms with Crippen molar-refractivity contribution in [1.82, 2.24) is 5.32 Å². The van der Waals surface area contributed by atoms with Gasteiger partial charge < -0.3 is 30.5 Å². The highest BCUT2D eigenvalue weighted by molar-refractivity contribution is 5.88. The molecule has 0 saturated heterocycles. The molecule has 2 aromatic rings. The molecule has 1 unspecified atom stereocenters. The Labute approximate surface area is 163 Å². The molecule has 2 rings (SSSR count). The minimum Gasteiger partial charge on any atom is -0.492 e. The van der Waals surface area contributed by atoms with Crippen molar-refractivity contribution in [3.63, 3.8) is 0 Å². The Morgan fingerprint density at radius 3 is 2.25 bits per heavy atom. The van der Waals surface area contributed by atoms with E-state index in [1.807, 2.05) is 0 Å². The molecule has 8 heteroatoms. The van der Waals surface area contributed by atoms with Crippen LogP contribution < -0.4 is 25.4 Å². The highest BCUT2D eigenvalue weighted by atomic mass is 16.5. The Hall–Kier alpha value is -3.10. The zero-order valence-electron chi connectivity index (χ0n) is 15.7. The van der Waals surface area contributed by atoms with Crippen LogP contribution in [0.1, 0.15) is 6.92 Å². The van der Waals surface area contributed by atoms with Gasteiger partial charge in [0.2, 0.25) is 12.3 Å². The summed E-state index contributed by atoms with van der Waals surface area (Å²) in [4.78, 5) is 21.3. The zero-order valence-corrected chi connectivity index (χ0v) is 15.7. The number of aliphatic hydroxyl groups is 1. The average molecular weight is 387 g/mol. The highest BCUT2D eigenvalue weighted by Gasteiger charge is 2.05. The molecule has 0 aliphatic heterocycles. The van der Waals surface area contributed by atoms with Gasteiger partial charge in [0.25, 0.3) is 0 Å². The molecule has 2 amide bonds. The summed E-state index contributed by atoms with van der Waals surface area (Å²) in [7, 11) is 0. The van der Waals surface area contributed by atoms with Gasteiger partial charge in [0.15, 0.2) is 0 Å². The Bertz CT molecular complexity index is 735. The molecule has 0 fully saturated rings. The van der Waals surface area contributed by atoms with Crippen molar-refractivity contribution >= 4 is 23.7 Å². The van der Waals surface area contributed by atoms with E-state index in [-0.39, 0.29) is 12.5 Å². The number of carbonyl (C=O) groups is 2. The molecule has 0 radical (unpaired) electrons. The number of aliphatic hydroxyl groups excluding tert-OH is 1. The van der Waals surface area contributed by atoms with E-state index in [1.165, 1.54) is 6.92 Å². The molecule has 0 aliphatic carbocycles. The first-order valence-electron chi connectivity index (χ1n) is 8.89. The van der Waals surface area contributed by atoms with E-state index in [1.54, 1.807) is 48.5 Å². The molecule has 8 nitrogen and oxygen atoms in total. The van der Waals surface area contributed by atoms with Gasteiger partial charge in [0, 0.05) is 31.4 Å². The summed E-state index contributed by atoms with van der Waals surface area (Å²) in [6.07, 6.45) is -0.0553. The van der Waals surface area contributed by atoms with Crippen LogP contribution in [0.25, 0.3) is 0 Å². The van der Waals surface area contributed by atoms with E-state index < -0.39 is 6.10 Å². The molecular weight excluding hydrogens is 362 g/mol. The van der Waals surface area contributed by atoms with Gasteiger partial charge in [-0.05, 0) is 48.5 Å². The van der Waals surface area contributed by atoms with E-state index >= 15 is 0 Å². The average Bonchev–Trinajstić information content (AvgIpc) is 2.68. The Morgan fingerprint density at radius 2 is 1.64 bits per heavy atom. The lowest BCUT2D eigenvalue weighted by atomic mass is 10.3. The maximum absolute atomic E-state index is 11.0. The molecule has 0 aromatic heterocycles. The number of nitrogens with one attached hydrogen (secondary N) is 3. The van der Waals surface area contributed by atoms with Crippen molar-refractivity contribution in [3.8, 4) is 11.5 Å². The lowest BCUT2D eigenvalue weighted by Gasteiger charge is -2.14. The first-order chi connectivity index (χ1) is 13.6. The summed E-state index contributed by atoms with van der Waals surface area (Å²) in [6.45, 7) is 2.99. The molecule has 0 spiro atoms. The van der Waals surface area contributed by atoms with Crippen molar-refractivity contribution in [2.45, 2.75) is 13.0 Å². The Balaban J connectivity index is 1.57. The molecule has 28 heavy (non-hydrogen) atoms. The van der Waals surface area contributed by atoms with Crippen molar-refractivity contribution in [3.05, 3.63) is 48.5 Å². The summed E-state index contributed by atoms with van der Waals surface area (Å²) in [5, 5.41) is 18.3. The van der Waals surface area contributed by atoms with Crippen LogP contribution in [0, 0.1) is 0 Å². The quantitative estimate of drug-likeness (QED) is 0.326. The number of anilines is 2. The fourth-order valence-electron chi connectivity index (χ4n) is 2.31. The summed E-state index contributed by atoms with van der Waals surface area (Å²) in [5.41, 5.74) is 1.39. The van der Waals surface area contributed by atoms with Crippen molar-refractivity contribution in [2.24, 2.45) is 0 Å². The second kappa shape index (κ2) is 11.6. The molecule has 4 N–H and O–H groups in total. The third-order valence-electron chi connectivity index (χ3n) is 3.62. The van der Waals surface area contributed by atoms with Gasteiger partial charge in [-0.1, -0.05) is 0 Å². The minimum atomic E-state index is -0.662. The van der Waals surface area contributed by atoms with Crippen molar-refractivity contribution in [1.29, 1.82) is 0 Å². The predicted molar refractivity (Wildman–Crippen MR) is 107 cm³/mol. The second-order valence-electron chi connectivity index (χ2n) is 6.01. The maximum Gasteiger partial charge on any atom is 0.221 e. The lowest BCUT2D eigenvalue weighted by molar-refractivity contribution is -0.114. The van der Waals surface area contributed by atoms with E-state index in [0.29, 0.717) is 43.3 Å². The number of amides is 2. The first kappa shape index (κ1) is 21.2. The fraction of sp³-hybridized carbons (Fsp3) is 0.300. The second-order valence-corrected chi connectivity index (χ2v) is 6.01. The van der Waals surface area contributed by atoms with Crippen LogP contribution in [-0.2, 0) is 9.59 Å². The topological polar surface area (TPSA) is 109 Å². The fourth-order valence-corrected chi connectivity index (χ4v) is 2.31. The van der Waals surface area contributed by atoms with Gasteiger partial charge in [-0.2, -0.15) is 0 Å². The van der Waals surface area contributed by atoms with E-state index in [9.17, 15) is 14.7 Å². The number of hydrogen-bond donors (Lipinski definition) is 4. The summed E-state index contributed by atoms with van der Waals surface area (Å²) >= 11 is 0. The van der Waals surface area contributed by atoms with Crippen LogP contribution in [0.4, 0.5) is 11.4 Å². The highest BCUT2D eigenvalue weighted by Crippen LogP contribution is 2.16. The van der Waals surface area contributed by atoms with Crippen molar-refractivity contribution < 1.29 is 24.2 Å². The monoisotopic (exact) mass is 387 g/mol. The van der Waals surface area contributed by atoms with Gasteiger partial charge in [-0.3, -0.25) is 9.59 Å². The summed E-state index contributed by atoms with van der Waals surface area (Å²) < 4.78 is 11.1. The first-order valence-corrected chi connectivity index (χ1v) is 8.89. The standard InChI is InChI=1S/C20H25N3O5/c1-15(25)23-17-4-8-19(9-5-17)27-11-10-21-12-18(26)13-28-20-6-2-16(3-7-20)22-14-24/h2-9,14,18,21,26H,10-13H2,1H3,(H,22,24)(H,23,25). The maximum atomic E-state index is 11.0. The molecule has 150 valence electrons. The van der Waals surface area contributed by atoms with E-state index in [2.05, 4.69) is 16.0 Å². The lowest BCUT2D eigenvalue weighted by Crippen LogP contribution is -2.33. The third kappa shape index (κ3) is 8.07. The van der Waals surface area contributed by atoms with Gasteiger partial charge in [0.05, 0.1) is 0 Å². The molecule has 0 saturated carbocycles. The van der Waals surface area contributed by atoms with Crippen LogP contribution in [-0.4, -0.2) is 49.8 Å². The number of hydrogen-bond acceptors (Lipinski definition) is 6. The van der Waals surface area contributed by atoms with Gasteiger partial charge >= 0.3 is 0 Å². The normalized spacial score (nSPS) is 11.4. The third-order valence-corrected chi connectivity index (χ3v) is 3.62. The Kier molecular flexibility index (Phi) is 8.77. The number of carbonyl (C=O) groups excluding carboxylic acids is 2. The molecule has 0 bridgehead atoms. The van der Waals surface area contributed by atoms with E-state index in [4.69, 9.17) is 9.47 Å². The van der Waals surface area contributed by atoms with Gasteiger partial charge in [0.1, 0.15) is 30.8 Å². The van der Waals surface area contributed by atoms with Gasteiger partial charge in [-0.25, -0.2) is 0 Å². The number of benzene rings is 2. The largest absolute Gasteiger partial charge is 0.492 e. The van der Waals surface area contributed by atoms with Crippen LogP contribution in [0.15, 0.2) is 48.5 Å². The zero-order chi connectivity index (χ0) is 20.2. The molecular formula is C20H25N3O5. The van der Waals surface area contributed by atoms with Crippen LogP contribution in [0.5, 0.6) is 11.5 Å². The summed E-state index contributed by atoms with van der Waals surface area (Å²) in [5.74, 6) is 1.20. The molecule has 0 heterocycles. The number of ether oxygens (including phenoxy) is 2. The van der Waals surface area contributed by atoms with Gasteiger partial charge in [-0.15, -0.1) is 0 Å². The molecule has 1 atom stereocenters. The van der Waals surface area contributed by atoms with Crippen molar-refractivity contribution in [2.75, 3.05) is 36.9 Å². The van der Waals surface area contributed by atoms with Crippen LogP contribution in [0.3, 0.4) is 0 Å². The Morgan fingerprint density at radius 1 is 1.04 bits per heavy atom. The van der Waals surface area contributed by atoms with Crippen LogP contribution in [0.2, 0.25) is 0 Å². The van der Waals surface area contributed by atoms with E-state index in [0.717, 1.165) is 5.69 Å². The summed E-state index contributed by atoms with van der Waals surface area (Å²) in [6, 6.07) is 14.0. The predicted octanol–water partition coefficient (Wildman–Crippen LogP) is 1.62. The van der Waals surface area contributed by atoms with Crippen LogP contribution >= 0.6 is 0 Å². The SMILES string of the molecule is CC(=O)Nc1ccc(OCCNCC(O)COc2ccc(NC=O)cc2)cc1. The smallest absolute Gasteiger partial charge is 0.221 e. The molecule has 0 aliphatic rings. The minimum absolute atomic E-state index is 0.118.